The Kier molecular flexibility index (Phi) is 5.52. The fourth-order valence-electron chi connectivity index (χ4n) is 2.52. The van der Waals surface area contributed by atoms with Gasteiger partial charge in [-0.2, -0.15) is 0 Å². The number of nitrogens with one attached hydrogen (secondary N) is 2. The summed E-state index contributed by atoms with van der Waals surface area (Å²) in [6.07, 6.45) is 0. The van der Waals surface area contributed by atoms with E-state index in [2.05, 4.69) is 15.6 Å². The van der Waals surface area contributed by atoms with Crippen LogP contribution in [0.15, 0.2) is 48.5 Å². The quantitative estimate of drug-likeness (QED) is 0.689. The van der Waals surface area contributed by atoms with E-state index < -0.39 is 0 Å². The second kappa shape index (κ2) is 8.01. The molecule has 0 saturated heterocycles. The Bertz CT molecular complexity index is 980. The molecule has 0 saturated carbocycles. The number of rotatable bonds is 5. The summed E-state index contributed by atoms with van der Waals surface area (Å²) >= 11 is 1.45. The minimum atomic E-state index is -0.266. The number of carbonyl (C=O) groups excluding carboxylic acids is 2. The topological polar surface area (TPSA) is 80.3 Å². The van der Waals surface area contributed by atoms with Gasteiger partial charge >= 0.3 is 0 Å². The summed E-state index contributed by atoms with van der Waals surface area (Å²) in [6.45, 7) is 3.33. The highest BCUT2D eigenvalue weighted by Gasteiger charge is 2.17. The molecule has 0 bridgehead atoms. The van der Waals surface area contributed by atoms with Gasteiger partial charge in [0.25, 0.3) is 5.91 Å². The molecule has 6 nitrogen and oxygen atoms in total. The molecule has 3 rings (SSSR count). The highest BCUT2D eigenvalue weighted by Crippen LogP contribution is 2.29. The van der Waals surface area contributed by atoms with Gasteiger partial charge in [-0.1, -0.05) is 6.07 Å². The Labute approximate surface area is 161 Å². The van der Waals surface area contributed by atoms with Crippen LogP contribution in [0.3, 0.4) is 0 Å². The molecule has 0 spiro atoms. The molecule has 3 aromatic rings. The number of amides is 2. The summed E-state index contributed by atoms with van der Waals surface area (Å²) in [4.78, 5) is 29.0. The van der Waals surface area contributed by atoms with E-state index in [0.717, 1.165) is 21.1 Å². The lowest BCUT2D eigenvalue weighted by Crippen LogP contribution is -2.13. The van der Waals surface area contributed by atoms with E-state index in [-0.39, 0.29) is 11.8 Å². The summed E-state index contributed by atoms with van der Waals surface area (Å²) in [6, 6.07) is 14.5. The molecular formula is C20H19N3O3S. The summed E-state index contributed by atoms with van der Waals surface area (Å²) in [5.41, 5.74) is 2.64. The van der Waals surface area contributed by atoms with E-state index >= 15 is 0 Å². The van der Waals surface area contributed by atoms with Crippen molar-refractivity contribution >= 4 is 34.5 Å². The van der Waals surface area contributed by atoms with Gasteiger partial charge in [-0.15, -0.1) is 11.3 Å². The van der Waals surface area contributed by atoms with E-state index in [1.54, 1.807) is 19.2 Å². The Morgan fingerprint density at radius 2 is 1.78 bits per heavy atom. The summed E-state index contributed by atoms with van der Waals surface area (Å²) < 4.78 is 5.17. The molecule has 0 aliphatic heterocycles. The van der Waals surface area contributed by atoms with Gasteiger partial charge in [-0.3, -0.25) is 9.59 Å². The van der Waals surface area contributed by atoms with E-state index in [4.69, 9.17) is 4.74 Å². The molecule has 2 amide bonds. The number of aryl methyl sites for hydroxylation is 1. The highest BCUT2D eigenvalue weighted by atomic mass is 32.1. The van der Waals surface area contributed by atoms with E-state index in [0.29, 0.717) is 17.1 Å². The standard InChI is InChI=1S/C20H19N3O3S/c1-12-18(19(25)22-16-5-4-6-17(11-16)26-3)23-20(27-12)14-7-9-15(10-8-14)21-13(2)24/h4-11H,1-3H3,(H,21,24)(H,22,25). The Morgan fingerprint density at radius 1 is 1.04 bits per heavy atom. The van der Waals surface area contributed by atoms with Crippen LogP contribution in [0.1, 0.15) is 22.3 Å². The fraction of sp³-hybridized carbons (Fsp3) is 0.150. The molecule has 27 heavy (non-hydrogen) atoms. The molecule has 7 heteroatoms. The van der Waals surface area contributed by atoms with Crippen LogP contribution in [0.25, 0.3) is 10.6 Å². The van der Waals surface area contributed by atoms with Gasteiger partial charge in [-0.05, 0) is 43.3 Å². The molecular weight excluding hydrogens is 362 g/mol. The molecule has 0 aliphatic carbocycles. The van der Waals surface area contributed by atoms with Crippen LogP contribution in [-0.2, 0) is 4.79 Å². The zero-order valence-corrected chi connectivity index (χ0v) is 16.0. The van der Waals surface area contributed by atoms with Gasteiger partial charge in [0, 0.05) is 34.8 Å². The second-order valence-corrected chi connectivity index (χ2v) is 7.07. The van der Waals surface area contributed by atoms with E-state index in [9.17, 15) is 9.59 Å². The normalized spacial score (nSPS) is 10.3. The van der Waals surface area contributed by atoms with Crippen molar-refractivity contribution in [1.29, 1.82) is 0 Å². The molecule has 0 fully saturated rings. The Hall–Kier alpha value is -3.19. The molecule has 0 aliphatic rings. The van der Waals surface area contributed by atoms with Crippen molar-refractivity contribution in [3.8, 4) is 16.3 Å². The average molecular weight is 381 g/mol. The van der Waals surface area contributed by atoms with Crippen molar-refractivity contribution in [2.24, 2.45) is 0 Å². The molecule has 1 aromatic heterocycles. The average Bonchev–Trinajstić information content (AvgIpc) is 3.04. The lowest BCUT2D eigenvalue weighted by molar-refractivity contribution is -0.114. The molecule has 0 atom stereocenters. The SMILES string of the molecule is COc1cccc(NC(=O)c2nc(-c3ccc(NC(C)=O)cc3)sc2C)c1. The van der Waals surface area contributed by atoms with Gasteiger partial charge in [0.15, 0.2) is 0 Å². The van der Waals surface area contributed by atoms with Gasteiger partial charge in [0.2, 0.25) is 5.91 Å². The van der Waals surface area contributed by atoms with Crippen molar-refractivity contribution in [2.45, 2.75) is 13.8 Å². The van der Waals surface area contributed by atoms with Crippen LogP contribution in [-0.4, -0.2) is 23.9 Å². The van der Waals surface area contributed by atoms with Gasteiger partial charge in [0.1, 0.15) is 16.5 Å². The van der Waals surface area contributed by atoms with Crippen LogP contribution in [0.4, 0.5) is 11.4 Å². The summed E-state index contributed by atoms with van der Waals surface area (Å²) in [7, 11) is 1.58. The van der Waals surface area contributed by atoms with E-state index in [1.807, 2.05) is 43.3 Å². The lowest BCUT2D eigenvalue weighted by Gasteiger charge is -2.06. The fourth-order valence-corrected chi connectivity index (χ4v) is 3.44. The van der Waals surface area contributed by atoms with Gasteiger partial charge in [0.05, 0.1) is 7.11 Å². The maximum atomic E-state index is 12.6. The number of anilines is 2. The van der Waals surface area contributed by atoms with Crippen molar-refractivity contribution < 1.29 is 14.3 Å². The smallest absolute Gasteiger partial charge is 0.275 e. The number of carbonyl (C=O) groups is 2. The third-order valence-corrected chi connectivity index (χ3v) is 4.81. The third kappa shape index (κ3) is 4.51. The van der Waals surface area contributed by atoms with Crippen molar-refractivity contribution in [3.63, 3.8) is 0 Å². The second-order valence-electron chi connectivity index (χ2n) is 5.87. The first-order valence-electron chi connectivity index (χ1n) is 8.27. The first-order chi connectivity index (χ1) is 13.0. The molecule has 2 N–H and O–H groups in total. The van der Waals surface area contributed by atoms with Crippen LogP contribution in [0.2, 0.25) is 0 Å². The first-order valence-corrected chi connectivity index (χ1v) is 9.09. The van der Waals surface area contributed by atoms with Crippen LogP contribution < -0.4 is 15.4 Å². The zero-order valence-electron chi connectivity index (χ0n) is 15.2. The maximum Gasteiger partial charge on any atom is 0.275 e. The number of nitrogens with zero attached hydrogens (tertiary/aromatic N) is 1. The number of ether oxygens (including phenoxy) is 1. The summed E-state index contributed by atoms with van der Waals surface area (Å²) in [5, 5.41) is 6.32. The van der Waals surface area contributed by atoms with Crippen LogP contribution in [0.5, 0.6) is 5.75 Å². The summed E-state index contributed by atoms with van der Waals surface area (Å²) in [5.74, 6) is 0.283. The van der Waals surface area contributed by atoms with Crippen molar-refractivity contribution in [2.75, 3.05) is 17.7 Å². The van der Waals surface area contributed by atoms with Crippen LogP contribution in [0, 0.1) is 6.92 Å². The highest BCUT2D eigenvalue weighted by molar-refractivity contribution is 7.15. The Morgan fingerprint density at radius 3 is 2.44 bits per heavy atom. The predicted octanol–water partition coefficient (Wildman–Crippen LogP) is 4.34. The number of methoxy groups -OCH3 is 1. The van der Waals surface area contributed by atoms with Crippen molar-refractivity contribution in [1.82, 2.24) is 4.98 Å². The molecule has 0 unspecified atom stereocenters. The molecule has 0 radical (unpaired) electrons. The third-order valence-electron chi connectivity index (χ3n) is 3.79. The predicted molar refractivity (Wildman–Crippen MR) is 108 cm³/mol. The number of hydrogen-bond donors (Lipinski definition) is 2. The number of thiazole rings is 1. The zero-order chi connectivity index (χ0) is 19.4. The number of hydrogen-bond acceptors (Lipinski definition) is 5. The van der Waals surface area contributed by atoms with Gasteiger partial charge in [-0.25, -0.2) is 4.98 Å². The van der Waals surface area contributed by atoms with Crippen molar-refractivity contribution in [3.05, 3.63) is 59.1 Å². The Balaban J connectivity index is 1.79. The maximum absolute atomic E-state index is 12.6. The van der Waals surface area contributed by atoms with Crippen LogP contribution >= 0.6 is 11.3 Å². The molecule has 2 aromatic carbocycles. The first kappa shape index (κ1) is 18.6. The minimum Gasteiger partial charge on any atom is -0.497 e. The largest absolute Gasteiger partial charge is 0.497 e. The lowest BCUT2D eigenvalue weighted by atomic mass is 10.2. The monoisotopic (exact) mass is 381 g/mol. The van der Waals surface area contributed by atoms with Gasteiger partial charge < -0.3 is 15.4 Å². The minimum absolute atomic E-state index is 0.121. The number of aromatic nitrogens is 1. The number of benzene rings is 2. The molecule has 1 heterocycles. The molecule has 138 valence electrons. The van der Waals surface area contributed by atoms with E-state index in [1.165, 1.54) is 18.3 Å².